The average molecular weight is 305 g/mol. The molecule has 0 spiro atoms. The molecule has 21 heavy (non-hydrogen) atoms. The van der Waals surface area contributed by atoms with Crippen LogP contribution in [0.25, 0.3) is 0 Å². The van der Waals surface area contributed by atoms with Gasteiger partial charge < -0.3 is 15.0 Å². The Morgan fingerprint density at radius 3 is 2.57 bits per heavy atom. The molecule has 0 fully saturated rings. The monoisotopic (exact) mass is 305 g/mol. The van der Waals surface area contributed by atoms with Crippen molar-refractivity contribution in [2.75, 3.05) is 21.2 Å². The van der Waals surface area contributed by atoms with Gasteiger partial charge in [-0.25, -0.2) is 0 Å². The van der Waals surface area contributed by atoms with Crippen LogP contribution >= 0.6 is 11.5 Å². The molecule has 1 heterocycles. The highest BCUT2D eigenvalue weighted by Gasteiger charge is 2.21. The normalized spacial score (nSPS) is 14.1. The van der Waals surface area contributed by atoms with E-state index in [-0.39, 0.29) is 0 Å². The highest BCUT2D eigenvalue weighted by molar-refractivity contribution is 7.05. The van der Waals surface area contributed by atoms with E-state index in [1.54, 1.807) is 7.11 Å². The minimum absolute atomic E-state index is 0.329. The maximum Gasteiger partial charge on any atom is 0.225 e. The van der Waals surface area contributed by atoms with Gasteiger partial charge in [-0.15, -0.1) is 0 Å². The third-order valence-electron chi connectivity index (χ3n) is 3.52. The van der Waals surface area contributed by atoms with Crippen molar-refractivity contribution in [1.82, 2.24) is 14.6 Å². The van der Waals surface area contributed by atoms with Gasteiger partial charge in [0, 0.05) is 29.6 Å². The molecule has 0 saturated carbocycles. The van der Waals surface area contributed by atoms with E-state index < -0.39 is 0 Å². The summed E-state index contributed by atoms with van der Waals surface area (Å²) < 4.78 is 9.34. The van der Waals surface area contributed by atoms with E-state index in [0.717, 1.165) is 6.54 Å². The van der Waals surface area contributed by atoms with Crippen LogP contribution in [0.15, 0.2) is 36.4 Å². The summed E-state index contributed by atoms with van der Waals surface area (Å²) in [6.45, 7) is 3.02. The molecule has 0 bridgehead atoms. The fraction of sp³-hybridized carbons (Fsp3) is 0.438. The Hall–Kier alpha value is -1.43. The molecule has 0 aliphatic carbocycles. The van der Waals surface area contributed by atoms with Gasteiger partial charge in [0.2, 0.25) is 5.88 Å². The Morgan fingerprint density at radius 2 is 2.00 bits per heavy atom. The predicted octanol–water partition coefficient (Wildman–Crippen LogP) is 2.93. The lowest BCUT2D eigenvalue weighted by atomic mass is 9.99. The van der Waals surface area contributed by atoms with Gasteiger partial charge in [0.15, 0.2) is 0 Å². The topological polar surface area (TPSA) is 37.4 Å². The highest BCUT2D eigenvalue weighted by Crippen LogP contribution is 2.23. The van der Waals surface area contributed by atoms with Crippen molar-refractivity contribution >= 4 is 11.5 Å². The molecule has 1 N–H and O–H groups in total. The Kier molecular flexibility index (Phi) is 5.73. The lowest BCUT2D eigenvalue weighted by molar-refractivity contribution is 0.240. The van der Waals surface area contributed by atoms with Gasteiger partial charge in [-0.05, 0) is 38.1 Å². The summed E-state index contributed by atoms with van der Waals surface area (Å²) in [5, 5.41) is 3.59. The van der Waals surface area contributed by atoms with Gasteiger partial charge in [0.25, 0.3) is 0 Å². The predicted molar refractivity (Wildman–Crippen MR) is 87.8 cm³/mol. The van der Waals surface area contributed by atoms with E-state index in [2.05, 4.69) is 65.9 Å². The van der Waals surface area contributed by atoms with E-state index in [9.17, 15) is 0 Å². The molecule has 2 unspecified atom stereocenters. The molecule has 114 valence electrons. The average Bonchev–Trinajstić information content (AvgIpc) is 2.94. The molecule has 0 radical (unpaired) electrons. The number of likely N-dealkylation sites (N-methyl/N-ethyl adjacent to an activating group) is 1. The highest BCUT2D eigenvalue weighted by atomic mass is 32.1. The van der Waals surface area contributed by atoms with Crippen molar-refractivity contribution in [3.05, 3.63) is 46.8 Å². The van der Waals surface area contributed by atoms with E-state index in [4.69, 9.17) is 4.74 Å². The molecule has 0 amide bonds. The number of hydrogen-bond donors (Lipinski definition) is 1. The zero-order chi connectivity index (χ0) is 15.2. The van der Waals surface area contributed by atoms with E-state index in [0.29, 0.717) is 18.0 Å². The number of benzene rings is 1. The van der Waals surface area contributed by atoms with Crippen LogP contribution in [0.1, 0.15) is 23.4 Å². The van der Waals surface area contributed by atoms with Crippen LogP contribution in [0.3, 0.4) is 0 Å². The van der Waals surface area contributed by atoms with Crippen LogP contribution in [0.5, 0.6) is 5.88 Å². The first kappa shape index (κ1) is 15.9. The lowest BCUT2D eigenvalue weighted by Gasteiger charge is -2.31. The molecule has 0 aliphatic rings. The Morgan fingerprint density at radius 1 is 1.29 bits per heavy atom. The molecule has 0 aliphatic heterocycles. The molecule has 1 aromatic heterocycles. The minimum Gasteiger partial charge on any atom is -0.480 e. The standard InChI is InChI=1S/C16H23N3OS/c1-12(17-11-14-10-15(20-4)18-21-14)16(19(2)3)13-8-6-5-7-9-13/h5-10,12,16-17H,11H2,1-4H3. The molecule has 2 rings (SSSR count). The van der Waals surface area contributed by atoms with Crippen molar-refractivity contribution < 1.29 is 4.74 Å². The van der Waals surface area contributed by atoms with Crippen LogP contribution < -0.4 is 10.1 Å². The number of ether oxygens (including phenoxy) is 1. The summed E-state index contributed by atoms with van der Waals surface area (Å²) in [4.78, 5) is 3.43. The van der Waals surface area contributed by atoms with Crippen LogP contribution in [0, 0.1) is 0 Å². The summed E-state index contributed by atoms with van der Waals surface area (Å²) in [7, 11) is 5.88. The summed E-state index contributed by atoms with van der Waals surface area (Å²) in [5.74, 6) is 0.691. The number of methoxy groups -OCH3 is 1. The lowest BCUT2D eigenvalue weighted by Crippen LogP contribution is -2.38. The molecule has 2 aromatic rings. The van der Waals surface area contributed by atoms with Crippen molar-refractivity contribution in [1.29, 1.82) is 0 Å². The molecular formula is C16H23N3OS. The van der Waals surface area contributed by atoms with E-state index in [1.165, 1.54) is 22.0 Å². The van der Waals surface area contributed by atoms with Crippen molar-refractivity contribution in [2.24, 2.45) is 0 Å². The molecule has 0 saturated heterocycles. The molecule has 4 nitrogen and oxygen atoms in total. The van der Waals surface area contributed by atoms with Gasteiger partial charge >= 0.3 is 0 Å². The van der Waals surface area contributed by atoms with Crippen LogP contribution in [0.4, 0.5) is 0 Å². The second-order valence-corrected chi connectivity index (χ2v) is 6.21. The Bertz CT molecular complexity index is 541. The molecule has 5 heteroatoms. The van der Waals surface area contributed by atoms with Gasteiger partial charge in [-0.2, -0.15) is 4.37 Å². The van der Waals surface area contributed by atoms with E-state index in [1.807, 2.05) is 6.07 Å². The fourth-order valence-corrected chi connectivity index (χ4v) is 3.17. The maximum absolute atomic E-state index is 5.12. The number of nitrogens with one attached hydrogen (secondary N) is 1. The van der Waals surface area contributed by atoms with Crippen molar-refractivity contribution in [2.45, 2.75) is 25.6 Å². The second-order valence-electron chi connectivity index (χ2n) is 5.32. The smallest absolute Gasteiger partial charge is 0.225 e. The molecule has 1 aromatic carbocycles. The third-order valence-corrected chi connectivity index (χ3v) is 4.28. The summed E-state index contributed by atoms with van der Waals surface area (Å²) in [5.41, 5.74) is 1.32. The number of aromatic nitrogens is 1. The Labute approximate surface area is 130 Å². The second kappa shape index (κ2) is 7.54. The first-order chi connectivity index (χ1) is 10.1. The summed E-state index contributed by atoms with van der Waals surface area (Å²) in [6.07, 6.45) is 0. The van der Waals surface area contributed by atoms with Crippen LogP contribution in [0.2, 0.25) is 0 Å². The molecule has 2 atom stereocenters. The zero-order valence-corrected chi connectivity index (χ0v) is 13.9. The van der Waals surface area contributed by atoms with Gasteiger partial charge in [-0.3, -0.25) is 0 Å². The quantitative estimate of drug-likeness (QED) is 0.853. The summed E-state index contributed by atoms with van der Waals surface area (Å²) in [6, 6.07) is 13.2. The number of rotatable bonds is 7. The first-order valence-corrected chi connectivity index (χ1v) is 7.83. The van der Waals surface area contributed by atoms with E-state index >= 15 is 0 Å². The summed E-state index contributed by atoms with van der Waals surface area (Å²) >= 11 is 1.48. The van der Waals surface area contributed by atoms with Crippen molar-refractivity contribution in [3.63, 3.8) is 0 Å². The minimum atomic E-state index is 0.329. The molecular weight excluding hydrogens is 282 g/mol. The fourth-order valence-electron chi connectivity index (χ4n) is 2.53. The first-order valence-electron chi connectivity index (χ1n) is 7.06. The van der Waals surface area contributed by atoms with Gasteiger partial charge in [0.05, 0.1) is 7.11 Å². The maximum atomic E-state index is 5.12. The zero-order valence-electron chi connectivity index (χ0n) is 13.0. The number of nitrogens with zero attached hydrogens (tertiary/aromatic N) is 2. The van der Waals surface area contributed by atoms with Gasteiger partial charge in [0.1, 0.15) is 0 Å². The number of hydrogen-bond acceptors (Lipinski definition) is 5. The largest absolute Gasteiger partial charge is 0.480 e. The Balaban J connectivity index is 2.00. The van der Waals surface area contributed by atoms with Crippen molar-refractivity contribution in [3.8, 4) is 5.88 Å². The van der Waals surface area contributed by atoms with Crippen LogP contribution in [-0.2, 0) is 6.54 Å². The van der Waals surface area contributed by atoms with Gasteiger partial charge in [-0.1, -0.05) is 30.3 Å². The SMILES string of the molecule is COc1cc(CNC(C)C(c2ccccc2)N(C)C)sn1. The van der Waals surface area contributed by atoms with Crippen LogP contribution in [-0.4, -0.2) is 36.5 Å². The third kappa shape index (κ3) is 4.27.